The lowest BCUT2D eigenvalue weighted by atomic mass is 10.2. The molecule has 0 amide bonds. The van der Waals surface area contributed by atoms with Crippen LogP contribution in [0, 0.1) is 6.92 Å². The van der Waals surface area contributed by atoms with Crippen molar-refractivity contribution in [1.29, 1.82) is 0 Å². The predicted octanol–water partition coefficient (Wildman–Crippen LogP) is 2.22. The third-order valence-corrected chi connectivity index (χ3v) is 2.71. The fourth-order valence-electron chi connectivity index (χ4n) is 1.05. The average Bonchev–Trinajstić information content (AvgIpc) is 2.53. The smallest absolute Gasteiger partial charge is 0.208 e. The second-order valence-corrected chi connectivity index (χ2v) is 4.03. The number of nitrogens with zero attached hydrogens (tertiary/aromatic N) is 3. The van der Waals surface area contributed by atoms with Gasteiger partial charge in [0, 0.05) is 11.3 Å². The van der Waals surface area contributed by atoms with Crippen LogP contribution in [0.15, 0.2) is 5.38 Å². The molecule has 0 fully saturated rings. The molecule has 2 aromatic heterocycles. The molecule has 3 nitrogen and oxygen atoms in total. The molecule has 0 radical (unpaired) electrons. The van der Waals surface area contributed by atoms with Crippen molar-refractivity contribution in [2.24, 2.45) is 0 Å². The first-order chi connectivity index (χ1) is 5.68. The zero-order chi connectivity index (χ0) is 8.72. The van der Waals surface area contributed by atoms with Crippen LogP contribution < -0.4 is 0 Å². The Kier molecular flexibility index (Phi) is 1.65. The Labute approximate surface area is 75.1 Å². The van der Waals surface area contributed by atoms with Crippen LogP contribution in [-0.2, 0) is 0 Å². The highest BCUT2D eigenvalue weighted by Crippen LogP contribution is 2.16. The second-order valence-electron chi connectivity index (χ2n) is 3.20. The van der Waals surface area contributed by atoms with E-state index in [2.05, 4.69) is 29.3 Å². The standard InChI is InChI=1S/C8H11N3S/c1-5(2)7-9-8-11(10-7)6(3)4-12-8/h4-5H,1-3H3. The summed E-state index contributed by atoms with van der Waals surface area (Å²) in [6.07, 6.45) is 0. The number of rotatable bonds is 1. The minimum Gasteiger partial charge on any atom is -0.208 e. The molecule has 0 N–H and O–H groups in total. The van der Waals surface area contributed by atoms with Crippen molar-refractivity contribution in [3.05, 3.63) is 16.9 Å². The van der Waals surface area contributed by atoms with E-state index in [9.17, 15) is 0 Å². The first-order valence-corrected chi connectivity index (χ1v) is 4.87. The Hall–Kier alpha value is -0.900. The molecule has 0 aromatic carbocycles. The highest BCUT2D eigenvalue weighted by atomic mass is 32.1. The summed E-state index contributed by atoms with van der Waals surface area (Å²) in [5, 5.41) is 6.46. The lowest BCUT2D eigenvalue weighted by Gasteiger charge is -1.93. The maximum atomic E-state index is 4.40. The zero-order valence-corrected chi connectivity index (χ0v) is 8.22. The van der Waals surface area contributed by atoms with Crippen LogP contribution in [0.1, 0.15) is 31.3 Å². The van der Waals surface area contributed by atoms with Gasteiger partial charge in [-0.1, -0.05) is 13.8 Å². The summed E-state index contributed by atoms with van der Waals surface area (Å²) in [5.41, 5.74) is 1.16. The van der Waals surface area contributed by atoms with Crippen molar-refractivity contribution in [1.82, 2.24) is 14.6 Å². The van der Waals surface area contributed by atoms with E-state index in [0.717, 1.165) is 16.5 Å². The number of aromatic nitrogens is 3. The molecule has 0 saturated carbocycles. The van der Waals surface area contributed by atoms with Crippen molar-refractivity contribution in [3.8, 4) is 0 Å². The summed E-state index contributed by atoms with van der Waals surface area (Å²) in [6.45, 7) is 6.26. The highest BCUT2D eigenvalue weighted by Gasteiger charge is 2.09. The Morgan fingerprint density at radius 3 is 2.83 bits per heavy atom. The molecule has 2 heterocycles. The van der Waals surface area contributed by atoms with Gasteiger partial charge in [-0.3, -0.25) is 0 Å². The van der Waals surface area contributed by atoms with Crippen molar-refractivity contribution in [2.45, 2.75) is 26.7 Å². The maximum Gasteiger partial charge on any atom is 0.212 e. The van der Waals surface area contributed by atoms with Crippen molar-refractivity contribution in [2.75, 3.05) is 0 Å². The Morgan fingerprint density at radius 1 is 1.50 bits per heavy atom. The molecule has 64 valence electrons. The van der Waals surface area contributed by atoms with Crippen molar-refractivity contribution < 1.29 is 0 Å². The molecule has 0 bridgehead atoms. The van der Waals surface area contributed by atoms with Gasteiger partial charge < -0.3 is 0 Å². The van der Waals surface area contributed by atoms with Crippen LogP contribution in [-0.4, -0.2) is 14.6 Å². The third kappa shape index (κ3) is 1.03. The molecule has 2 aromatic rings. The first-order valence-electron chi connectivity index (χ1n) is 3.99. The van der Waals surface area contributed by atoms with E-state index in [4.69, 9.17) is 0 Å². The Balaban J connectivity index is 2.63. The van der Waals surface area contributed by atoms with Crippen LogP contribution in [0.25, 0.3) is 4.96 Å². The number of hydrogen-bond acceptors (Lipinski definition) is 3. The number of aryl methyl sites for hydroxylation is 1. The van der Waals surface area contributed by atoms with Crippen molar-refractivity contribution >= 4 is 16.3 Å². The van der Waals surface area contributed by atoms with E-state index >= 15 is 0 Å². The normalized spacial score (nSPS) is 11.7. The fourth-order valence-corrected chi connectivity index (χ4v) is 1.86. The van der Waals surface area contributed by atoms with E-state index in [-0.39, 0.29) is 0 Å². The Bertz CT molecular complexity index is 399. The van der Waals surface area contributed by atoms with Gasteiger partial charge in [0.2, 0.25) is 4.96 Å². The summed E-state index contributed by atoms with van der Waals surface area (Å²) in [4.78, 5) is 5.40. The quantitative estimate of drug-likeness (QED) is 0.675. The SMILES string of the molecule is Cc1csc2nc(C(C)C)nn12. The number of thiazole rings is 1. The molecule has 0 aliphatic carbocycles. The van der Waals surface area contributed by atoms with Crippen LogP contribution in [0.3, 0.4) is 0 Å². The largest absolute Gasteiger partial charge is 0.212 e. The van der Waals surface area contributed by atoms with Crippen LogP contribution in [0.2, 0.25) is 0 Å². The first kappa shape index (κ1) is 7.73. The van der Waals surface area contributed by atoms with Gasteiger partial charge in [-0.2, -0.15) is 5.10 Å². The van der Waals surface area contributed by atoms with E-state index < -0.39 is 0 Å². The molecular weight excluding hydrogens is 170 g/mol. The minimum absolute atomic E-state index is 0.413. The van der Waals surface area contributed by atoms with Crippen molar-refractivity contribution in [3.63, 3.8) is 0 Å². The molecule has 0 spiro atoms. The summed E-state index contributed by atoms with van der Waals surface area (Å²) in [5.74, 6) is 1.35. The van der Waals surface area contributed by atoms with Gasteiger partial charge in [-0.15, -0.1) is 11.3 Å². The maximum absolute atomic E-state index is 4.40. The summed E-state index contributed by atoms with van der Waals surface area (Å²) < 4.78 is 1.90. The van der Waals surface area contributed by atoms with E-state index in [1.165, 1.54) is 0 Å². The summed E-state index contributed by atoms with van der Waals surface area (Å²) in [7, 11) is 0. The summed E-state index contributed by atoms with van der Waals surface area (Å²) >= 11 is 1.64. The van der Waals surface area contributed by atoms with E-state index in [1.54, 1.807) is 11.3 Å². The fraction of sp³-hybridized carbons (Fsp3) is 0.500. The van der Waals surface area contributed by atoms with Crippen LogP contribution in [0.4, 0.5) is 0 Å². The minimum atomic E-state index is 0.413. The predicted molar refractivity (Wildman–Crippen MR) is 49.7 cm³/mol. The number of fused-ring (bicyclic) bond motifs is 1. The van der Waals surface area contributed by atoms with E-state index in [1.807, 2.05) is 11.4 Å². The van der Waals surface area contributed by atoms with Gasteiger partial charge in [0.1, 0.15) is 0 Å². The van der Waals surface area contributed by atoms with Gasteiger partial charge in [0.15, 0.2) is 5.82 Å². The molecular formula is C8H11N3S. The monoisotopic (exact) mass is 181 g/mol. The summed E-state index contributed by atoms with van der Waals surface area (Å²) in [6, 6.07) is 0. The highest BCUT2D eigenvalue weighted by molar-refractivity contribution is 7.15. The lowest BCUT2D eigenvalue weighted by molar-refractivity contribution is 0.760. The van der Waals surface area contributed by atoms with Gasteiger partial charge in [0.25, 0.3) is 0 Å². The molecule has 0 atom stereocenters. The lowest BCUT2D eigenvalue weighted by Crippen LogP contribution is -1.92. The molecule has 4 heteroatoms. The second kappa shape index (κ2) is 2.55. The molecule has 0 aliphatic rings. The molecule has 0 unspecified atom stereocenters. The van der Waals surface area contributed by atoms with Crippen LogP contribution in [0.5, 0.6) is 0 Å². The molecule has 12 heavy (non-hydrogen) atoms. The van der Waals surface area contributed by atoms with Crippen LogP contribution >= 0.6 is 11.3 Å². The topological polar surface area (TPSA) is 30.2 Å². The number of hydrogen-bond donors (Lipinski definition) is 0. The van der Waals surface area contributed by atoms with Gasteiger partial charge in [0.05, 0.1) is 5.69 Å². The Morgan fingerprint density at radius 2 is 2.25 bits per heavy atom. The van der Waals surface area contributed by atoms with Gasteiger partial charge >= 0.3 is 0 Å². The zero-order valence-electron chi connectivity index (χ0n) is 7.40. The molecule has 2 rings (SSSR count). The molecule has 0 saturated heterocycles. The molecule has 0 aliphatic heterocycles. The van der Waals surface area contributed by atoms with Gasteiger partial charge in [-0.05, 0) is 6.92 Å². The average molecular weight is 181 g/mol. The third-order valence-electron chi connectivity index (χ3n) is 1.78. The van der Waals surface area contributed by atoms with E-state index in [0.29, 0.717) is 5.92 Å². The van der Waals surface area contributed by atoms with Gasteiger partial charge in [-0.25, -0.2) is 9.50 Å².